The number of carbonyl (C=O) groups is 1. The monoisotopic (exact) mass is 371 g/mol. The van der Waals surface area contributed by atoms with Gasteiger partial charge in [0.25, 0.3) is 0 Å². The van der Waals surface area contributed by atoms with E-state index in [0.717, 1.165) is 23.5 Å². The summed E-state index contributed by atoms with van der Waals surface area (Å²) in [4.78, 5) is 12.6. The second-order valence-corrected chi connectivity index (χ2v) is 7.16. The molecule has 0 spiro atoms. The molecule has 1 amide bonds. The number of rotatable bonds is 5. The van der Waals surface area contributed by atoms with Crippen LogP contribution in [0.2, 0.25) is 0 Å². The maximum absolute atomic E-state index is 12.6. The molecular weight excluding hydrogens is 346 g/mol. The van der Waals surface area contributed by atoms with E-state index in [4.69, 9.17) is 0 Å². The summed E-state index contributed by atoms with van der Waals surface area (Å²) in [6, 6.07) is 22.2. The van der Waals surface area contributed by atoms with Crippen molar-refractivity contribution in [3.8, 4) is 0 Å². The van der Waals surface area contributed by atoms with Gasteiger partial charge in [-0.1, -0.05) is 36.4 Å². The van der Waals surface area contributed by atoms with Crippen molar-refractivity contribution < 1.29 is 4.79 Å². The molecule has 4 rings (SSSR count). The van der Waals surface area contributed by atoms with Crippen LogP contribution in [0.5, 0.6) is 0 Å². The minimum absolute atomic E-state index is 0.0506. The van der Waals surface area contributed by atoms with E-state index in [1.807, 2.05) is 44.2 Å². The minimum atomic E-state index is -0.350. The number of nitrogens with zero attached hydrogens (tertiary/aromatic N) is 1. The van der Waals surface area contributed by atoms with Crippen LogP contribution in [-0.4, -0.2) is 16.5 Å². The van der Waals surface area contributed by atoms with Crippen molar-refractivity contribution in [1.82, 2.24) is 4.57 Å². The van der Waals surface area contributed by atoms with Crippen LogP contribution in [0.15, 0.2) is 66.7 Å². The number of fused-ring (bicyclic) bond motifs is 3. The lowest BCUT2D eigenvalue weighted by Crippen LogP contribution is -2.32. The SMILES string of the molecule is CCn1c2ccccc2c2cc(NC(C)C(=O)Nc3ccccc3C)ccc21. The second-order valence-electron chi connectivity index (χ2n) is 7.16. The van der Waals surface area contributed by atoms with Crippen molar-refractivity contribution in [2.24, 2.45) is 0 Å². The average Bonchev–Trinajstić information content (AvgIpc) is 3.02. The van der Waals surface area contributed by atoms with E-state index >= 15 is 0 Å². The Morgan fingerprint density at radius 3 is 2.46 bits per heavy atom. The third-order valence-electron chi connectivity index (χ3n) is 5.27. The molecule has 1 aromatic heterocycles. The van der Waals surface area contributed by atoms with Gasteiger partial charge in [0.15, 0.2) is 0 Å². The highest BCUT2D eigenvalue weighted by molar-refractivity contribution is 6.09. The molecule has 4 aromatic rings. The van der Waals surface area contributed by atoms with Gasteiger partial charge in [-0.05, 0) is 56.7 Å². The summed E-state index contributed by atoms with van der Waals surface area (Å²) in [5.74, 6) is -0.0506. The summed E-state index contributed by atoms with van der Waals surface area (Å²) in [7, 11) is 0. The van der Waals surface area contributed by atoms with Gasteiger partial charge in [-0.25, -0.2) is 0 Å². The molecule has 0 aliphatic carbocycles. The van der Waals surface area contributed by atoms with Gasteiger partial charge in [0, 0.05) is 39.7 Å². The molecule has 0 aliphatic rings. The van der Waals surface area contributed by atoms with Crippen molar-refractivity contribution in [3.05, 3.63) is 72.3 Å². The Balaban J connectivity index is 1.60. The van der Waals surface area contributed by atoms with Gasteiger partial charge < -0.3 is 15.2 Å². The zero-order valence-electron chi connectivity index (χ0n) is 16.5. The van der Waals surface area contributed by atoms with Crippen molar-refractivity contribution in [2.45, 2.75) is 33.4 Å². The summed E-state index contributed by atoms with van der Waals surface area (Å²) < 4.78 is 2.32. The van der Waals surface area contributed by atoms with Gasteiger partial charge in [0.05, 0.1) is 0 Å². The molecule has 142 valence electrons. The number of aromatic nitrogens is 1. The summed E-state index contributed by atoms with van der Waals surface area (Å²) in [5, 5.41) is 8.79. The summed E-state index contributed by atoms with van der Waals surface area (Å²) >= 11 is 0. The Hall–Kier alpha value is -3.27. The van der Waals surface area contributed by atoms with Crippen LogP contribution in [0.3, 0.4) is 0 Å². The number of aryl methyl sites for hydroxylation is 2. The standard InChI is InChI=1S/C24H25N3O/c1-4-27-22-12-8-6-10-19(22)20-15-18(13-14-23(20)27)25-17(3)24(28)26-21-11-7-5-9-16(21)2/h5-15,17,25H,4H2,1-3H3,(H,26,28). The maximum Gasteiger partial charge on any atom is 0.246 e. The van der Waals surface area contributed by atoms with Crippen molar-refractivity contribution in [2.75, 3.05) is 10.6 Å². The number of carbonyl (C=O) groups excluding carboxylic acids is 1. The molecule has 0 bridgehead atoms. The molecule has 3 aromatic carbocycles. The number of hydrogen-bond donors (Lipinski definition) is 2. The molecular formula is C24H25N3O. The fourth-order valence-electron chi connectivity index (χ4n) is 3.75. The highest BCUT2D eigenvalue weighted by Crippen LogP contribution is 2.31. The number of hydrogen-bond acceptors (Lipinski definition) is 2. The molecule has 0 fully saturated rings. The topological polar surface area (TPSA) is 46.1 Å². The van der Waals surface area contributed by atoms with Crippen LogP contribution in [0.25, 0.3) is 21.8 Å². The zero-order valence-corrected chi connectivity index (χ0v) is 16.5. The minimum Gasteiger partial charge on any atom is -0.374 e. The molecule has 4 heteroatoms. The first-order chi connectivity index (χ1) is 13.6. The van der Waals surface area contributed by atoms with Gasteiger partial charge in [0.2, 0.25) is 5.91 Å². The molecule has 28 heavy (non-hydrogen) atoms. The number of amides is 1. The van der Waals surface area contributed by atoms with Gasteiger partial charge in [0.1, 0.15) is 6.04 Å². The van der Waals surface area contributed by atoms with Gasteiger partial charge in [-0.15, -0.1) is 0 Å². The largest absolute Gasteiger partial charge is 0.374 e. The molecule has 0 saturated heterocycles. The Kier molecular flexibility index (Phi) is 4.78. The predicted octanol–water partition coefficient (Wildman–Crippen LogP) is 5.56. The Morgan fingerprint density at radius 1 is 0.964 bits per heavy atom. The molecule has 2 N–H and O–H groups in total. The van der Waals surface area contributed by atoms with Crippen molar-refractivity contribution >= 4 is 39.1 Å². The fraction of sp³-hybridized carbons (Fsp3) is 0.208. The fourth-order valence-corrected chi connectivity index (χ4v) is 3.75. The smallest absolute Gasteiger partial charge is 0.246 e. The van der Waals surface area contributed by atoms with Crippen LogP contribution >= 0.6 is 0 Å². The number of para-hydroxylation sites is 2. The highest BCUT2D eigenvalue weighted by Gasteiger charge is 2.15. The van der Waals surface area contributed by atoms with Gasteiger partial charge in [-0.2, -0.15) is 0 Å². The third kappa shape index (κ3) is 3.22. The molecule has 4 nitrogen and oxygen atoms in total. The lowest BCUT2D eigenvalue weighted by Gasteiger charge is -2.16. The second kappa shape index (κ2) is 7.39. The molecule has 0 radical (unpaired) electrons. The Morgan fingerprint density at radius 2 is 1.68 bits per heavy atom. The lowest BCUT2D eigenvalue weighted by atomic mass is 10.1. The van der Waals surface area contributed by atoms with Crippen LogP contribution in [0, 0.1) is 6.92 Å². The van der Waals surface area contributed by atoms with Crippen molar-refractivity contribution in [1.29, 1.82) is 0 Å². The average molecular weight is 371 g/mol. The first-order valence-electron chi connectivity index (χ1n) is 9.72. The summed E-state index contributed by atoms with van der Waals surface area (Å²) in [6.07, 6.45) is 0. The lowest BCUT2D eigenvalue weighted by molar-refractivity contribution is -0.116. The Bertz CT molecular complexity index is 1160. The van der Waals surface area contributed by atoms with E-state index in [1.165, 1.54) is 21.8 Å². The third-order valence-corrected chi connectivity index (χ3v) is 5.27. The van der Waals surface area contributed by atoms with Gasteiger partial charge >= 0.3 is 0 Å². The van der Waals surface area contributed by atoms with E-state index in [9.17, 15) is 4.79 Å². The molecule has 1 heterocycles. The number of nitrogens with one attached hydrogen (secondary N) is 2. The van der Waals surface area contributed by atoms with Crippen LogP contribution < -0.4 is 10.6 Å². The zero-order chi connectivity index (χ0) is 19.7. The summed E-state index contributed by atoms with van der Waals surface area (Å²) in [5.41, 5.74) is 5.30. The van der Waals surface area contributed by atoms with E-state index in [2.05, 4.69) is 58.5 Å². The molecule has 0 aliphatic heterocycles. The maximum atomic E-state index is 12.6. The van der Waals surface area contributed by atoms with E-state index in [1.54, 1.807) is 0 Å². The van der Waals surface area contributed by atoms with Gasteiger partial charge in [-0.3, -0.25) is 4.79 Å². The first-order valence-corrected chi connectivity index (χ1v) is 9.72. The van der Waals surface area contributed by atoms with E-state index in [0.29, 0.717) is 0 Å². The first kappa shape index (κ1) is 18.1. The molecule has 0 saturated carbocycles. The van der Waals surface area contributed by atoms with E-state index in [-0.39, 0.29) is 11.9 Å². The normalized spacial score (nSPS) is 12.2. The van der Waals surface area contributed by atoms with Crippen LogP contribution in [0.4, 0.5) is 11.4 Å². The van der Waals surface area contributed by atoms with Crippen LogP contribution in [0.1, 0.15) is 19.4 Å². The predicted molar refractivity (Wildman–Crippen MR) is 118 cm³/mol. The number of anilines is 2. The highest BCUT2D eigenvalue weighted by atomic mass is 16.2. The van der Waals surface area contributed by atoms with E-state index < -0.39 is 0 Å². The summed E-state index contributed by atoms with van der Waals surface area (Å²) in [6.45, 7) is 6.96. The van der Waals surface area contributed by atoms with Crippen LogP contribution in [-0.2, 0) is 11.3 Å². The quantitative estimate of drug-likeness (QED) is 0.482. The van der Waals surface area contributed by atoms with Crippen molar-refractivity contribution in [3.63, 3.8) is 0 Å². The molecule has 1 atom stereocenters. The Labute approximate surface area is 165 Å². The number of benzene rings is 3. The molecule has 1 unspecified atom stereocenters.